The van der Waals surface area contributed by atoms with Gasteiger partial charge in [-0.3, -0.25) is 9.59 Å². The molecular weight excluding hydrogens is 557 g/mol. The van der Waals surface area contributed by atoms with Crippen molar-refractivity contribution < 1.29 is 14.3 Å². The minimum absolute atomic E-state index is 0.00889. The lowest BCUT2D eigenvalue weighted by molar-refractivity contribution is -0.132. The van der Waals surface area contributed by atoms with Crippen molar-refractivity contribution in [2.75, 3.05) is 33.3 Å². The zero-order valence-electron chi connectivity index (χ0n) is 23.4. The number of hydrogen-bond acceptors (Lipinski definition) is 4. The van der Waals surface area contributed by atoms with E-state index in [0.29, 0.717) is 54.9 Å². The summed E-state index contributed by atoms with van der Waals surface area (Å²) in [7, 11) is 1.86. The number of rotatable bonds is 9. The Labute approximate surface area is 251 Å². The fraction of sp³-hybridized carbons (Fsp3) is 0.333. The van der Waals surface area contributed by atoms with E-state index in [9.17, 15) is 9.59 Å². The van der Waals surface area contributed by atoms with Crippen LogP contribution in [0.4, 0.5) is 0 Å². The van der Waals surface area contributed by atoms with Gasteiger partial charge in [-0.15, -0.1) is 0 Å². The number of amides is 2. The Bertz CT molecular complexity index is 1430. The molecule has 0 aliphatic carbocycles. The van der Waals surface area contributed by atoms with E-state index >= 15 is 0 Å². The average molecular weight is 593 g/mol. The van der Waals surface area contributed by atoms with Crippen molar-refractivity contribution in [3.8, 4) is 5.75 Å². The van der Waals surface area contributed by atoms with Crippen LogP contribution in [0, 0.1) is 0 Å². The Balaban J connectivity index is 1.34. The summed E-state index contributed by atoms with van der Waals surface area (Å²) < 4.78 is 5.86. The van der Waals surface area contributed by atoms with Crippen molar-refractivity contribution in [1.29, 1.82) is 0 Å². The second-order valence-corrected chi connectivity index (χ2v) is 11.6. The lowest BCUT2D eigenvalue weighted by Crippen LogP contribution is -2.61. The van der Waals surface area contributed by atoms with Crippen LogP contribution in [0.3, 0.4) is 0 Å². The van der Waals surface area contributed by atoms with Gasteiger partial charge in [0.05, 0.1) is 17.7 Å². The minimum Gasteiger partial charge on any atom is -0.492 e. The number of piperazine rings is 1. The Morgan fingerprint density at radius 2 is 1.71 bits per heavy atom. The highest BCUT2D eigenvalue weighted by atomic mass is 35.5. The highest BCUT2D eigenvalue weighted by Crippen LogP contribution is 2.34. The number of nitrogens with zero attached hydrogens (tertiary/aromatic N) is 2. The van der Waals surface area contributed by atoms with Gasteiger partial charge >= 0.3 is 0 Å². The van der Waals surface area contributed by atoms with Crippen molar-refractivity contribution in [1.82, 2.24) is 15.1 Å². The number of ether oxygens (including phenoxy) is 1. The molecule has 0 aromatic heterocycles. The lowest BCUT2D eigenvalue weighted by atomic mass is 9.82. The molecule has 0 radical (unpaired) electrons. The highest BCUT2D eigenvalue weighted by Gasteiger charge is 2.39. The smallest absolute Gasteiger partial charge is 0.251 e. The standard InChI is InChI=1S/C33H35Cl2N3O3/c1-22(39)38-20-27-19-28(25-10-8-24(9-11-25)15-17-41-31-13-12-26(34)18-29(31)35)32(30(21-38)36-27)33(40)37(2)16-14-23-6-4-3-5-7-23/h3-13,18,27,30,36H,14-17,19-21H2,1-2H3/t27?,30-/m1/s1. The molecule has 5 rings (SSSR count). The largest absolute Gasteiger partial charge is 0.492 e. The first-order chi connectivity index (χ1) is 19.8. The van der Waals surface area contributed by atoms with Crippen LogP contribution in [0.5, 0.6) is 5.75 Å². The molecule has 2 atom stereocenters. The number of carbonyl (C=O) groups is 2. The molecule has 41 heavy (non-hydrogen) atoms. The van der Waals surface area contributed by atoms with Gasteiger partial charge in [0.1, 0.15) is 5.75 Å². The first kappa shape index (κ1) is 29.2. The maximum absolute atomic E-state index is 14.0. The monoisotopic (exact) mass is 591 g/mol. The van der Waals surface area contributed by atoms with Crippen LogP contribution in [-0.2, 0) is 22.4 Å². The SMILES string of the molecule is CC(=O)N1CC2CC(c3ccc(CCOc4ccc(Cl)cc4Cl)cc3)=C(C(=O)N(C)CCc3ccccc3)[C@@H](C1)N2. The molecule has 0 spiro atoms. The molecule has 1 fully saturated rings. The van der Waals surface area contributed by atoms with E-state index in [0.717, 1.165) is 28.7 Å². The third kappa shape index (κ3) is 7.13. The number of benzene rings is 3. The molecule has 1 unspecified atom stereocenters. The molecule has 1 saturated heterocycles. The maximum atomic E-state index is 14.0. The predicted molar refractivity (Wildman–Crippen MR) is 164 cm³/mol. The van der Waals surface area contributed by atoms with Crippen LogP contribution in [0.2, 0.25) is 10.0 Å². The van der Waals surface area contributed by atoms with E-state index in [2.05, 4.69) is 41.7 Å². The molecular formula is C33H35Cl2N3O3. The summed E-state index contributed by atoms with van der Waals surface area (Å²) >= 11 is 12.2. The maximum Gasteiger partial charge on any atom is 0.251 e. The molecule has 2 heterocycles. The summed E-state index contributed by atoms with van der Waals surface area (Å²) in [4.78, 5) is 29.9. The van der Waals surface area contributed by atoms with Gasteiger partial charge in [0.2, 0.25) is 5.91 Å². The molecule has 2 aliphatic heterocycles. The number of hydrogen-bond donors (Lipinski definition) is 1. The van der Waals surface area contributed by atoms with Crippen LogP contribution in [-0.4, -0.2) is 67.0 Å². The fourth-order valence-electron chi connectivity index (χ4n) is 5.62. The quantitative estimate of drug-likeness (QED) is 0.349. The van der Waals surface area contributed by atoms with Crippen LogP contribution in [0.1, 0.15) is 30.0 Å². The van der Waals surface area contributed by atoms with Crippen LogP contribution in [0.15, 0.2) is 78.4 Å². The third-order valence-corrected chi connectivity index (χ3v) is 8.38. The van der Waals surface area contributed by atoms with E-state index in [1.54, 1.807) is 25.1 Å². The summed E-state index contributed by atoms with van der Waals surface area (Å²) in [6.07, 6.45) is 2.18. The minimum atomic E-state index is -0.203. The summed E-state index contributed by atoms with van der Waals surface area (Å²) in [5.41, 5.74) is 5.19. The number of halogens is 2. The average Bonchev–Trinajstić information content (AvgIpc) is 2.97. The fourth-order valence-corrected chi connectivity index (χ4v) is 6.08. The molecule has 2 bridgehead atoms. The van der Waals surface area contributed by atoms with Gasteiger partial charge in [0, 0.05) is 56.7 Å². The predicted octanol–water partition coefficient (Wildman–Crippen LogP) is 5.66. The first-order valence-corrected chi connectivity index (χ1v) is 14.7. The normalized spacial score (nSPS) is 18.3. The summed E-state index contributed by atoms with van der Waals surface area (Å²) in [5.74, 6) is 0.661. The number of nitrogens with one attached hydrogen (secondary N) is 1. The van der Waals surface area contributed by atoms with Gasteiger partial charge in [-0.1, -0.05) is 77.8 Å². The van der Waals surface area contributed by atoms with Gasteiger partial charge < -0.3 is 19.9 Å². The van der Waals surface area contributed by atoms with Gasteiger partial charge in [0.15, 0.2) is 0 Å². The van der Waals surface area contributed by atoms with E-state index in [4.69, 9.17) is 27.9 Å². The molecule has 3 aromatic carbocycles. The van der Waals surface area contributed by atoms with E-state index in [1.807, 2.05) is 35.0 Å². The van der Waals surface area contributed by atoms with Crippen molar-refractivity contribution >= 4 is 40.6 Å². The van der Waals surface area contributed by atoms with E-state index in [1.165, 1.54) is 5.56 Å². The second-order valence-electron chi connectivity index (χ2n) is 10.8. The third-order valence-electron chi connectivity index (χ3n) is 7.85. The first-order valence-electron chi connectivity index (χ1n) is 14.0. The lowest BCUT2D eigenvalue weighted by Gasteiger charge is -2.44. The number of carbonyl (C=O) groups excluding carboxylic acids is 2. The van der Waals surface area contributed by atoms with E-state index in [-0.39, 0.29) is 23.9 Å². The Morgan fingerprint density at radius 3 is 2.41 bits per heavy atom. The van der Waals surface area contributed by atoms with Gasteiger partial charge in [-0.05, 0) is 53.3 Å². The zero-order valence-corrected chi connectivity index (χ0v) is 24.9. The second kappa shape index (κ2) is 13.1. The van der Waals surface area contributed by atoms with Crippen molar-refractivity contribution in [3.05, 3.63) is 105 Å². The number of fused-ring (bicyclic) bond motifs is 2. The van der Waals surface area contributed by atoms with Gasteiger partial charge in [0.25, 0.3) is 5.91 Å². The van der Waals surface area contributed by atoms with Crippen molar-refractivity contribution in [3.63, 3.8) is 0 Å². The molecule has 214 valence electrons. The zero-order chi connectivity index (χ0) is 28.9. The summed E-state index contributed by atoms with van der Waals surface area (Å²) in [5, 5.41) is 4.69. The summed E-state index contributed by atoms with van der Waals surface area (Å²) in [6.45, 7) is 3.83. The molecule has 2 aliphatic rings. The Hall–Kier alpha value is -3.32. The van der Waals surface area contributed by atoms with Crippen LogP contribution < -0.4 is 10.1 Å². The van der Waals surface area contributed by atoms with Crippen LogP contribution in [0.25, 0.3) is 5.57 Å². The molecule has 3 aromatic rings. The molecule has 8 heteroatoms. The van der Waals surface area contributed by atoms with Gasteiger partial charge in [-0.25, -0.2) is 0 Å². The van der Waals surface area contributed by atoms with E-state index < -0.39 is 0 Å². The number of likely N-dealkylation sites (N-methyl/N-ethyl adjacent to an activating group) is 1. The van der Waals surface area contributed by atoms with Crippen LogP contribution >= 0.6 is 23.2 Å². The molecule has 1 N–H and O–H groups in total. The summed E-state index contributed by atoms with van der Waals surface area (Å²) in [6, 6.07) is 23.7. The van der Waals surface area contributed by atoms with Gasteiger partial charge in [-0.2, -0.15) is 0 Å². The molecule has 0 saturated carbocycles. The Morgan fingerprint density at radius 1 is 0.976 bits per heavy atom. The topological polar surface area (TPSA) is 61.9 Å². The van der Waals surface area contributed by atoms with Crippen molar-refractivity contribution in [2.45, 2.75) is 38.3 Å². The molecule has 2 amide bonds. The van der Waals surface area contributed by atoms with Crippen molar-refractivity contribution in [2.24, 2.45) is 0 Å². The molecule has 6 nitrogen and oxygen atoms in total. The Kier molecular flexibility index (Phi) is 9.33. The highest BCUT2D eigenvalue weighted by molar-refractivity contribution is 6.35.